The van der Waals surface area contributed by atoms with Gasteiger partial charge in [0.05, 0.1) is 11.8 Å². The van der Waals surface area contributed by atoms with E-state index in [1.165, 1.54) is 12.0 Å². The van der Waals surface area contributed by atoms with Crippen LogP contribution in [0.3, 0.4) is 0 Å². The van der Waals surface area contributed by atoms with E-state index in [1.807, 2.05) is 20.2 Å². The first-order chi connectivity index (χ1) is 9.92. The SMILES string of the molecule is COC1CC(C(=O)O)N(C(=O)NCc2cn(C)nc2C)C1. The van der Waals surface area contributed by atoms with Gasteiger partial charge in [0.25, 0.3) is 0 Å². The summed E-state index contributed by atoms with van der Waals surface area (Å²) >= 11 is 0. The second-order valence-electron chi connectivity index (χ2n) is 5.17. The topological polar surface area (TPSA) is 96.7 Å². The van der Waals surface area contributed by atoms with Crippen molar-refractivity contribution in [3.63, 3.8) is 0 Å². The fraction of sp³-hybridized carbons (Fsp3) is 0.615. The molecule has 21 heavy (non-hydrogen) atoms. The number of carbonyl (C=O) groups excluding carboxylic acids is 1. The summed E-state index contributed by atoms with van der Waals surface area (Å²) in [5, 5.41) is 16.1. The third kappa shape index (κ3) is 3.33. The number of amides is 2. The molecule has 2 N–H and O–H groups in total. The van der Waals surface area contributed by atoms with Gasteiger partial charge in [0.1, 0.15) is 6.04 Å². The Morgan fingerprint density at radius 3 is 2.81 bits per heavy atom. The van der Waals surface area contributed by atoms with E-state index in [1.54, 1.807) is 4.68 Å². The van der Waals surface area contributed by atoms with Gasteiger partial charge in [-0.2, -0.15) is 5.10 Å². The largest absolute Gasteiger partial charge is 0.480 e. The van der Waals surface area contributed by atoms with Gasteiger partial charge < -0.3 is 20.1 Å². The molecule has 1 fully saturated rings. The minimum absolute atomic E-state index is 0.239. The fourth-order valence-electron chi connectivity index (χ4n) is 2.52. The summed E-state index contributed by atoms with van der Waals surface area (Å²) in [5.41, 5.74) is 1.74. The van der Waals surface area contributed by atoms with Gasteiger partial charge in [-0.25, -0.2) is 9.59 Å². The normalized spacial score (nSPS) is 21.6. The molecule has 2 amide bonds. The molecule has 1 aromatic heterocycles. The monoisotopic (exact) mass is 296 g/mol. The van der Waals surface area contributed by atoms with Crippen LogP contribution in [0.4, 0.5) is 4.79 Å². The molecular formula is C13H20N4O4. The molecule has 0 aliphatic carbocycles. The third-order valence-corrected chi connectivity index (χ3v) is 3.69. The molecule has 2 atom stereocenters. The highest BCUT2D eigenvalue weighted by molar-refractivity contribution is 5.83. The lowest BCUT2D eigenvalue weighted by atomic mass is 10.2. The van der Waals surface area contributed by atoms with Crippen LogP contribution in [0.5, 0.6) is 0 Å². The highest BCUT2D eigenvalue weighted by Crippen LogP contribution is 2.20. The maximum Gasteiger partial charge on any atom is 0.326 e. The van der Waals surface area contributed by atoms with Crippen LogP contribution in [0.25, 0.3) is 0 Å². The van der Waals surface area contributed by atoms with E-state index in [0.717, 1.165) is 11.3 Å². The maximum absolute atomic E-state index is 12.2. The summed E-state index contributed by atoms with van der Waals surface area (Å²) in [6, 6.07) is -1.24. The Kier molecular flexibility index (Phi) is 4.46. The molecule has 1 aliphatic heterocycles. The van der Waals surface area contributed by atoms with E-state index >= 15 is 0 Å². The molecule has 1 aromatic rings. The number of methoxy groups -OCH3 is 1. The molecule has 0 aromatic carbocycles. The summed E-state index contributed by atoms with van der Waals surface area (Å²) in [6.07, 6.45) is 1.90. The van der Waals surface area contributed by atoms with Crippen LogP contribution in [-0.2, 0) is 23.1 Å². The molecular weight excluding hydrogens is 276 g/mol. The molecule has 8 heteroatoms. The number of carbonyl (C=O) groups is 2. The smallest absolute Gasteiger partial charge is 0.326 e. The van der Waals surface area contributed by atoms with Crippen LogP contribution in [0.15, 0.2) is 6.20 Å². The quantitative estimate of drug-likeness (QED) is 0.822. The predicted molar refractivity (Wildman–Crippen MR) is 73.7 cm³/mol. The summed E-state index contributed by atoms with van der Waals surface area (Å²) in [5.74, 6) is -1.01. The number of aromatic nitrogens is 2. The van der Waals surface area contributed by atoms with E-state index in [0.29, 0.717) is 13.0 Å². The number of likely N-dealkylation sites (tertiary alicyclic amines) is 1. The standard InChI is InChI=1S/C13H20N4O4/c1-8-9(6-16(2)15-8)5-14-13(20)17-7-10(21-3)4-11(17)12(18)19/h6,10-11H,4-5,7H2,1-3H3,(H,14,20)(H,18,19). The first kappa shape index (κ1) is 15.3. The van der Waals surface area contributed by atoms with Crippen molar-refractivity contribution in [1.29, 1.82) is 0 Å². The average Bonchev–Trinajstić information content (AvgIpc) is 2.99. The number of hydrogen-bond donors (Lipinski definition) is 2. The Balaban J connectivity index is 1.98. The van der Waals surface area contributed by atoms with Crippen molar-refractivity contribution in [2.45, 2.75) is 32.0 Å². The van der Waals surface area contributed by atoms with Crippen LogP contribution < -0.4 is 5.32 Å². The van der Waals surface area contributed by atoms with Gasteiger partial charge in [-0.05, 0) is 6.92 Å². The minimum Gasteiger partial charge on any atom is -0.480 e. The number of carboxylic acid groups (broad SMARTS) is 1. The number of nitrogens with zero attached hydrogens (tertiary/aromatic N) is 3. The second kappa shape index (κ2) is 6.13. The molecule has 1 aliphatic rings. The minimum atomic E-state index is -1.01. The first-order valence-electron chi connectivity index (χ1n) is 6.71. The zero-order valence-corrected chi connectivity index (χ0v) is 12.4. The van der Waals surface area contributed by atoms with Gasteiger partial charge in [0.2, 0.25) is 0 Å². The van der Waals surface area contributed by atoms with Crippen LogP contribution in [0.1, 0.15) is 17.7 Å². The molecule has 116 valence electrons. The van der Waals surface area contributed by atoms with E-state index in [4.69, 9.17) is 4.74 Å². The summed E-state index contributed by atoms with van der Waals surface area (Å²) < 4.78 is 6.83. The molecule has 1 saturated heterocycles. The number of aryl methyl sites for hydroxylation is 2. The van der Waals surface area contributed by atoms with Crippen molar-refractivity contribution in [1.82, 2.24) is 20.0 Å². The lowest BCUT2D eigenvalue weighted by Gasteiger charge is -2.21. The average molecular weight is 296 g/mol. The molecule has 2 heterocycles. The van der Waals surface area contributed by atoms with Gasteiger partial charge in [0.15, 0.2) is 0 Å². The maximum atomic E-state index is 12.2. The van der Waals surface area contributed by atoms with Gasteiger partial charge in [-0.1, -0.05) is 0 Å². The molecule has 2 unspecified atom stereocenters. The highest BCUT2D eigenvalue weighted by atomic mass is 16.5. The van der Waals surface area contributed by atoms with E-state index in [9.17, 15) is 14.7 Å². The Labute approximate surface area is 122 Å². The van der Waals surface area contributed by atoms with Crippen LogP contribution in [0, 0.1) is 6.92 Å². The molecule has 0 bridgehead atoms. The van der Waals surface area contributed by atoms with Gasteiger partial charge in [-0.3, -0.25) is 4.68 Å². The fourth-order valence-corrected chi connectivity index (χ4v) is 2.52. The summed E-state index contributed by atoms with van der Waals surface area (Å²) in [7, 11) is 3.33. The predicted octanol–water partition coefficient (Wildman–Crippen LogP) is 0.112. The summed E-state index contributed by atoms with van der Waals surface area (Å²) in [4.78, 5) is 24.7. The third-order valence-electron chi connectivity index (χ3n) is 3.69. The van der Waals surface area contributed by atoms with Gasteiger partial charge >= 0.3 is 12.0 Å². The van der Waals surface area contributed by atoms with Gasteiger partial charge in [0, 0.05) is 45.4 Å². The number of urea groups is 1. The number of aliphatic carboxylic acids is 1. The number of carboxylic acids is 1. The number of hydrogen-bond acceptors (Lipinski definition) is 4. The Morgan fingerprint density at radius 1 is 1.57 bits per heavy atom. The Hall–Kier alpha value is -2.09. The zero-order valence-electron chi connectivity index (χ0n) is 12.4. The summed E-state index contributed by atoms with van der Waals surface area (Å²) in [6.45, 7) is 2.46. The molecule has 0 saturated carbocycles. The molecule has 0 spiro atoms. The van der Waals surface area contributed by atoms with Crippen molar-refractivity contribution in [2.75, 3.05) is 13.7 Å². The Bertz CT molecular complexity index is 542. The van der Waals surface area contributed by atoms with Crippen molar-refractivity contribution >= 4 is 12.0 Å². The highest BCUT2D eigenvalue weighted by Gasteiger charge is 2.39. The molecule has 8 nitrogen and oxygen atoms in total. The number of rotatable bonds is 4. The zero-order chi connectivity index (χ0) is 15.6. The van der Waals surface area contributed by atoms with Crippen molar-refractivity contribution in [3.8, 4) is 0 Å². The van der Waals surface area contributed by atoms with Crippen LogP contribution in [0.2, 0.25) is 0 Å². The molecule has 0 radical (unpaired) electrons. The van der Waals surface area contributed by atoms with E-state index < -0.39 is 18.0 Å². The van der Waals surface area contributed by atoms with Gasteiger partial charge in [-0.15, -0.1) is 0 Å². The van der Waals surface area contributed by atoms with Crippen molar-refractivity contribution in [3.05, 3.63) is 17.5 Å². The first-order valence-corrected chi connectivity index (χ1v) is 6.71. The van der Waals surface area contributed by atoms with Crippen molar-refractivity contribution < 1.29 is 19.4 Å². The molecule has 2 rings (SSSR count). The number of ether oxygens (including phenoxy) is 1. The van der Waals surface area contributed by atoms with Crippen molar-refractivity contribution in [2.24, 2.45) is 7.05 Å². The number of nitrogens with one attached hydrogen (secondary N) is 1. The second-order valence-corrected chi connectivity index (χ2v) is 5.17. The Morgan fingerprint density at radius 2 is 2.29 bits per heavy atom. The van der Waals surface area contributed by atoms with Crippen LogP contribution in [-0.4, -0.2) is 57.6 Å². The lowest BCUT2D eigenvalue weighted by Crippen LogP contribution is -2.46. The van der Waals surface area contributed by atoms with E-state index in [2.05, 4.69) is 10.4 Å². The lowest BCUT2D eigenvalue weighted by molar-refractivity contribution is -0.141. The van der Waals surface area contributed by atoms with E-state index in [-0.39, 0.29) is 12.6 Å². The van der Waals surface area contributed by atoms with Crippen LogP contribution >= 0.6 is 0 Å².